The van der Waals surface area contributed by atoms with Crippen LogP contribution in [0, 0.1) is 0 Å². The molecule has 4 heterocycles. The lowest BCUT2D eigenvalue weighted by molar-refractivity contribution is -0.126. The molecule has 1 saturated heterocycles. The molecule has 27 heavy (non-hydrogen) atoms. The smallest absolute Gasteiger partial charge is 0.246 e. The van der Waals surface area contributed by atoms with Gasteiger partial charge in [-0.15, -0.1) is 11.3 Å². The molecule has 7 heteroatoms. The molecule has 0 atom stereocenters. The van der Waals surface area contributed by atoms with Crippen molar-refractivity contribution in [1.29, 1.82) is 0 Å². The van der Waals surface area contributed by atoms with Crippen molar-refractivity contribution in [1.82, 2.24) is 19.9 Å². The predicted octanol–water partition coefficient (Wildman–Crippen LogP) is 3.01. The number of rotatable bonds is 4. The molecule has 1 fully saturated rings. The number of pyridine rings is 1. The van der Waals surface area contributed by atoms with E-state index in [1.165, 1.54) is 4.88 Å². The van der Waals surface area contributed by atoms with Gasteiger partial charge in [0.2, 0.25) is 5.91 Å². The van der Waals surface area contributed by atoms with Gasteiger partial charge in [0.05, 0.1) is 5.39 Å². The van der Waals surface area contributed by atoms with Gasteiger partial charge >= 0.3 is 0 Å². The number of anilines is 1. The number of piperazine rings is 1. The summed E-state index contributed by atoms with van der Waals surface area (Å²) in [6.45, 7) is 5.08. The molecule has 0 bridgehead atoms. The van der Waals surface area contributed by atoms with Crippen molar-refractivity contribution in [2.24, 2.45) is 0 Å². The lowest BCUT2D eigenvalue weighted by Crippen LogP contribution is -2.48. The second kappa shape index (κ2) is 7.84. The van der Waals surface area contributed by atoms with E-state index in [4.69, 9.17) is 0 Å². The minimum absolute atomic E-state index is 0.0372. The minimum atomic E-state index is 0.0372. The summed E-state index contributed by atoms with van der Waals surface area (Å²) in [5, 5.41) is 1.12. The zero-order valence-electron chi connectivity index (χ0n) is 15.2. The first-order valence-electron chi connectivity index (χ1n) is 9.10. The summed E-state index contributed by atoms with van der Waals surface area (Å²) < 4.78 is 0. The van der Waals surface area contributed by atoms with Gasteiger partial charge in [0.15, 0.2) is 0 Å². The predicted molar refractivity (Wildman–Crippen MR) is 109 cm³/mol. The monoisotopic (exact) mass is 379 g/mol. The number of amides is 1. The van der Waals surface area contributed by atoms with Crippen LogP contribution in [0.5, 0.6) is 0 Å². The number of carbonyl (C=O) groups excluding carboxylic acids is 1. The van der Waals surface area contributed by atoms with E-state index in [1.54, 1.807) is 36.1 Å². The van der Waals surface area contributed by atoms with E-state index in [1.807, 2.05) is 23.1 Å². The Balaban J connectivity index is 1.42. The number of hydrogen-bond donors (Lipinski definition) is 0. The highest BCUT2D eigenvalue weighted by Gasteiger charge is 2.22. The SMILES string of the molecule is CCc1cc2c(N3CCN(C(=O)C=Cc4cccnc4)CC3)ncnc2s1. The third kappa shape index (κ3) is 3.83. The summed E-state index contributed by atoms with van der Waals surface area (Å²) in [5.41, 5.74) is 0.928. The van der Waals surface area contributed by atoms with E-state index in [-0.39, 0.29) is 5.91 Å². The second-order valence-electron chi connectivity index (χ2n) is 6.41. The number of hydrogen-bond acceptors (Lipinski definition) is 6. The van der Waals surface area contributed by atoms with Crippen LogP contribution in [0.1, 0.15) is 17.4 Å². The number of carbonyl (C=O) groups is 1. The van der Waals surface area contributed by atoms with Crippen LogP contribution in [0.4, 0.5) is 5.82 Å². The third-order valence-electron chi connectivity index (χ3n) is 4.70. The molecule has 138 valence electrons. The zero-order valence-corrected chi connectivity index (χ0v) is 16.0. The molecule has 0 radical (unpaired) electrons. The lowest BCUT2D eigenvalue weighted by Gasteiger charge is -2.35. The average molecular weight is 379 g/mol. The normalized spacial score (nSPS) is 15.0. The first-order valence-corrected chi connectivity index (χ1v) is 9.91. The zero-order chi connectivity index (χ0) is 18.6. The van der Waals surface area contributed by atoms with Crippen LogP contribution in [0.2, 0.25) is 0 Å². The molecule has 0 unspecified atom stereocenters. The summed E-state index contributed by atoms with van der Waals surface area (Å²) >= 11 is 1.73. The number of aryl methyl sites for hydroxylation is 1. The standard InChI is InChI=1S/C20H21N5OS/c1-2-16-12-17-19(22-14-23-20(17)27-16)25-10-8-24(9-11-25)18(26)6-5-15-4-3-7-21-13-15/h3-7,12-14H,2,8-11H2,1H3. The average Bonchev–Trinajstić information content (AvgIpc) is 3.16. The molecule has 0 saturated carbocycles. The molecule has 0 spiro atoms. The van der Waals surface area contributed by atoms with Gasteiger partial charge < -0.3 is 9.80 Å². The first-order chi connectivity index (χ1) is 13.2. The first kappa shape index (κ1) is 17.6. The van der Waals surface area contributed by atoms with Gasteiger partial charge in [0.25, 0.3) is 0 Å². The maximum Gasteiger partial charge on any atom is 0.246 e. The van der Waals surface area contributed by atoms with Crippen LogP contribution < -0.4 is 4.90 Å². The fraction of sp³-hybridized carbons (Fsp3) is 0.300. The van der Waals surface area contributed by atoms with Gasteiger partial charge in [0, 0.05) is 49.5 Å². The maximum atomic E-state index is 12.4. The molecule has 3 aromatic rings. The van der Waals surface area contributed by atoms with Crippen molar-refractivity contribution in [2.75, 3.05) is 31.1 Å². The lowest BCUT2D eigenvalue weighted by atomic mass is 10.2. The summed E-state index contributed by atoms with van der Waals surface area (Å²) in [6, 6.07) is 5.99. The second-order valence-corrected chi connectivity index (χ2v) is 7.53. The summed E-state index contributed by atoms with van der Waals surface area (Å²) in [4.78, 5) is 31.9. The van der Waals surface area contributed by atoms with Crippen LogP contribution >= 0.6 is 11.3 Å². The number of fused-ring (bicyclic) bond motifs is 1. The van der Waals surface area contributed by atoms with Crippen LogP contribution in [0.3, 0.4) is 0 Å². The number of thiophene rings is 1. The molecule has 1 amide bonds. The van der Waals surface area contributed by atoms with Gasteiger partial charge in [-0.25, -0.2) is 9.97 Å². The Kier molecular flexibility index (Phi) is 5.11. The van der Waals surface area contributed by atoms with Gasteiger partial charge in [0.1, 0.15) is 17.0 Å². The van der Waals surface area contributed by atoms with E-state index in [2.05, 4.69) is 32.8 Å². The van der Waals surface area contributed by atoms with E-state index in [9.17, 15) is 4.79 Å². The van der Waals surface area contributed by atoms with Crippen molar-refractivity contribution in [3.05, 3.63) is 53.4 Å². The molecule has 1 aliphatic heterocycles. The van der Waals surface area contributed by atoms with Gasteiger partial charge in [-0.05, 0) is 30.2 Å². The van der Waals surface area contributed by atoms with E-state index in [0.717, 1.165) is 41.1 Å². The van der Waals surface area contributed by atoms with Crippen molar-refractivity contribution < 1.29 is 4.79 Å². The largest absolute Gasteiger partial charge is 0.352 e. The Morgan fingerprint density at radius 3 is 2.85 bits per heavy atom. The van der Waals surface area contributed by atoms with E-state index in [0.29, 0.717) is 13.1 Å². The Bertz CT molecular complexity index is 961. The van der Waals surface area contributed by atoms with Crippen LogP contribution in [-0.4, -0.2) is 51.9 Å². The van der Waals surface area contributed by atoms with E-state index < -0.39 is 0 Å². The highest BCUT2D eigenvalue weighted by atomic mass is 32.1. The topological polar surface area (TPSA) is 62.2 Å². The molecule has 4 rings (SSSR count). The van der Waals surface area contributed by atoms with Crippen LogP contribution in [0.15, 0.2) is 43.0 Å². The molecule has 3 aromatic heterocycles. The van der Waals surface area contributed by atoms with Crippen molar-refractivity contribution in [2.45, 2.75) is 13.3 Å². The van der Waals surface area contributed by atoms with Gasteiger partial charge in [-0.2, -0.15) is 0 Å². The molecule has 0 aliphatic carbocycles. The fourth-order valence-corrected chi connectivity index (χ4v) is 4.13. The van der Waals surface area contributed by atoms with Crippen LogP contribution in [-0.2, 0) is 11.2 Å². The summed E-state index contributed by atoms with van der Waals surface area (Å²) in [7, 11) is 0. The molecule has 0 N–H and O–H groups in total. The van der Waals surface area contributed by atoms with Crippen molar-refractivity contribution in [3.8, 4) is 0 Å². The summed E-state index contributed by atoms with van der Waals surface area (Å²) in [6.07, 6.45) is 9.55. The Labute approximate surface area is 162 Å². The van der Waals surface area contributed by atoms with Crippen LogP contribution in [0.25, 0.3) is 16.3 Å². The van der Waals surface area contributed by atoms with Crippen molar-refractivity contribution >= 4 is 39.4 Å². The van der Waals surface area contributed by atoms with Gasteiger partial charge in [-0.3, -0.25) is 9.78 Å². The molecule has 0 aromatic carbocycles. The molecule has 1 aliphatic rings. The van der Waals surface area contributed by atoms with Gasteiger partial charge in [-0.1, -0.05) is 13.0 Å². The molecular weight excluding hydrogens is 358 g/mol. The Morgan fingerprint density at radius 1 is 1.26 bits per heavy atom. The third-order valence-corrected chi connectivity index (χ3v) is 5.89. The highest BCUT2D eigenvalue weighted by molar-refractivity contribution is 7.18. The Hall–Kier alpha value is -2.80. The number of aromatic nitrogens is 3. The highest BCUT2D eigenvalue weighted by Crippen LogP contribution is 2.30. The fourth-order valence-electron chi connectivity index (χ4n) is 3.21. The molecular formula is C20H21N5OS. The minimum Gasteiger partial charge on any atom is -0.352 e. The summed E-state index contributed by atoms with van der Waals surface area (Å²) in [5.74, 6) is 1.02. The maximum absolute atomic E-state index is 12.4. The molecule has 6 nitrogen and oxygen atoms in total. The Morgan fingerprint density at radius 2 is 2.11 bits per heavy atom. The van der Waals surface area contributed by atoms with E-state index >= 15 is 0 Å². The number of nitrogens with zero attached hydrogens (tertiary/aromatic N) is 5. The van der Waals surface area contributed by atoms with Crippen molar-refractivity contribution in [3.63, 3.8) is 0 Å². The quantitative estimate of drug-likeness (QED) is 0.652.